The Balaban J connectivity index is 1.41. The highest BCUT2D eigenvalue weighted by atomic mass is 35.5. The molecule has 0 amide bonds. The number of halogens is 1. The topological polar surface area (TPSA) is 48.4 Å². The van der Waals surface area contributed by atoms with Gasteiger partial charge in [0.05, 0.1) is 11.1 Å². The third-order valence-electron chi connectivity index (χ3n) is 6.44. The lowest BCUT2D eigenvalue weighted by atomic mass is 9.87. The number of ether oxygens (including phenoxy) is 2. The van der Waals surface area contributed by atoms with Crippen LogP contribution in [0.1, 0.15) is 35.2 Å². The molecule has 0 N–H and O–H groups in total. The summed E-state index contributed by atoms with van der Waals surface area (Å²) >= 11 is 6.02. The van der Waals surface area contributed by atoms with Gasteiger partial charge in [0.15, 0.2) is 11.5 Å². The Labute approximate surface area is 180 Å². The van der Waals surface area contributed by atoms with Crippen molar-refractivity contribution in [3.8, 4) is 22.6 Å². The smallest absolute Gasteiger partial charge is 0.231 e. The first-order valence-electron chi connectivity index (χ1n) is 10.1. The lowest BCUT2D eigenvalue weighted by Crippen LogP contribution is -2.23. The van der Waals surface area contributed by atoms with Crippen molar-refractivity contribution < 1.29 is 14.3 Å². The van der Waals surface area contributed by atoms with Gasteiger partial charge in [-0.2, -0.15) is 0 Å². The number of hydrogen-bond acceptors (Lipinski definition) is 4. The molecule has 4 nitrogen and oxygen atoms in total. The summed E-state index contributed by atoms with van der Waals surface area (Å²) in [5.41, 5.74) is 5.80. The summed E-state index contributed by atoms with van der Waals surface area (Å²) in [6.07, 6.45) is 3.94. The van der Waals surface area contributed by atoms with E-state index in [-0.39, 0.29) is 12.6 Å². The first-order chi connectivity index (χ1) is 14.5. The van der Waals surface area contributed by atoms with Gasteiger partial charge in [-0.05, 0) is 73.2 Å². The van der Waals surface area contributed by atoms with E-state index in [1.165, 1.54) is 0 Å². The van der Waals surface area contributed by atoms with Crippen molar-refractivity contribution >= 4 is 17.4 Å². The van der Waals surface area contributed by atoms with E-state index in [0.717, 1.165) is 57.9 Å². The number of rotatable bonds is 5. The Morgan fingerprint density at radius 2 is 1.77 bits per heavy atom. The number of benzene rings is 2. The minimum Gasteiger partial charge on any atom is -0.454 e. The minimum atomic E-state index is -0.419. The number of Topliss-reactive ketones (excluding diaryl/α,β-unsaturated/α-hetero) is 1. The van der Waals surface area contributed by atoms with Crippen LogP contribution < -0.4 is 9.47 Å². The Morgan fingerprint density at radius 3 is 2.50 bits per heavy atom. The summed E-state index contributed by atoms with van der Waals surface area (Å²) in [5, 5.41) is 0.710. The molecular weight excluding hydrogens is 398 g/mol. The molecule has 5 rings (SSSR count). The molecule has 0 spiro atoms. The van der Waals surface area contributed by atoms with E-state index >= 15 is 0 Å². The van der Waals surface area contributed by atoms with E-state index < -0.39 is 5.41 Å². The average Bonchev–Trinajstić information content (AvgIpc) is 3.43. The maximum Gasteiger partial charge on any atom is 0.231 e. The number of aromatic nitrogens is 1. The zero-order valence-corrected chi connectivity index (χ0v) is 17.8. The van der Waals surface area contributed by atoms with Crippen LogP contribution >= 0.6 is 11.6 Å². The fourth-order valence-corrected chi connectivity index (χ4v) is 4.35. The maximum absolute atomic E-state index is 13.3. The predicted molar refractivity (Wildman–Crippen MR) is 116 cm³/mol. The summed E-state index contributed by atoms with van der Waals surface area (Å²) in [6, 6.07) is 13.6. The second-order valence-electron chi connectivity index (χ2n) is 8.13. The largest absolute Gasteiger partial charge is 0.454 e. The summed E-state index contributed by atoms with van der Waals surface area (Å²) in [4.78, 5) is 18.0. The molecule has 1 saturated carbocycles. The number of hydrogen-bond donors (Lipinski definition) is 0. The summed E-state index contributed by atoms with van der Waals surface area (Å²) in [7, 11) is 0. The fraction of sp³-hybridized carbons (Fsp3) is 0.280. The molecule has 2 heterocycles. The van der Waals surface area contributed by atoms with Crippen LogP contribution in [0.2, 0.25) is 5.02 Å². The molecule has 0 bridgehead atoms. The molecule has 1 fully saturated rings. The third kappa shape index (κ3) is 3.16. The lowest BCUT2D eigenvalue weighted by Gasteiger charge is -2.17. The predicted octanol–water partition coefficient (Wildman–Crippen LogP) is 5.59. The molecule has 0 radical (unpaired) electrons. The number of ketones is 1. The van der Waals surface area contributed by atoms with Crippen LogP contribution in [-0.2, 0) is 16.6 Å². The van der Waals surface area contributed by atoms with Crippen LogP contribution in [0.4, 0.5) is 0 Å². The Morgan fingerprint density at radius 1 is 1.03 bits per heavy atom. The number of fused-ring (bicyclic) bond motifs is 1. The SMILES string of the molecule is Cc1c(-c2ccc(Cl)cc2)cnc(CC(=O)C2(c3ccc4c(c3)OCO4)CC2)c1C. The van der Waals surface area contributed by atoms with E-state index in [9.17, 15) is 4.79 Å². The molecule has 3 aromatic rings. The molecule has 2 aromatic carbocycles. The molecule has 0 unspecified atom stereocenters. The first kappa shape index (κ1) is 19.1. The van der Waals surface area contributed by atoms with Gasteiger partial charge in [0.1, 0.15) is 5.78 Å². The zero-order valence-electron chi connectivity index (χ0n) is 17.0. The Bertz CT molecular complexity index is 1150. The highest BCUT2D eigenvalue weighted by molar-refractivity contribution is 6.30. The molecule has 1 aliphatic carbocycles. The van der Waals surface area contributed by atoms with Crippen molar-refractivity contribution in [3.05, 3.63) is 76.1 Å². The van der Waals surface area contributed by atoms with Gasteiger partial charge in [-0.3, -0.25) is 9.78 Å². The second-order valence-corrected chi connectivity index (χ2v) is 8.56. The monoisotopic (exact) mass is 419 g/mol. The third-order valence-corrected chi connectivity index (χ3v) is 6.69. The van der Waals surface area contributed by atoms with Crippen LogP contribution in [0.15, 0.2) is 48.7 Å². The fourth-order valence-electron chi connectivity index (χ4n) is 4.22. The van der Waals surface area contributed by atoms with Crippen LogP contribution in [0.3, 0.4) is 0 Å². The van der Waals surface area contributed by atoms with Crippen molar-refractivity contribution in [2.45, 2.75) is 38.5 Å². The van der Waals surface area contributed by atoms with Crippen LogP contribution in [0.25, 0.3) is 11.1 Å². The molecule has 1 aromatic heterocycles. The first-order valence-corrected chi connectivity index (χ1v) is 10.5. The molecular formula is C25H22ClNO3. The lowest BCUT2D eigenvalue weighted by molar-refractivity contribution is -0.120. The van der Waals surface area contributed by atoms with Gasteiger partial charge in [-0.1, -0.05) is 29.8 Å². The highest BCUT2D eigenvalue weighted by Crippen LogP contribution is 2.51. The molecule has 1 aliphatic heterocycles. The van der Waals surface area contributed by atoms with Gasteiger partial charge < -0.3 is 9.47 Å². The zero-order chi connectivity index (χ0) is 20.9. The average molecular weight is 420 g/mol. The van der Waals surface area contributed by atoms with Crippen molar-refractivity contribution in [1.29, 1.82) is 0 Å². The molecule has 5 heteroatoms. The van der Waals surface area contributed by atoms with E-state index in [1.54, 1.807) is 0 Å². The quantitative estimate of drug-likeness (QED) is 0.540. The van der Waals surface area contributed by atoms with Crippen molar-refractivity contribution in [2.24, 2.45) is 0 Å². The summed E-state index contributed by atoms with van der Waals surface area (Å²) < 4.78 is 10.9. The van der Waals surface area contributed by atoms with E-state index in [0.29, 0.717) is 11.4 Å². The summed E-state index contributed by atoms with van der Waals surface area (Å²) in [5.74, 6) is 1.69. The van der Waals surface area contributed by atoms with E-state index in [2.05, 4.69) is 11.9 Å². The number of nitrogens with zero attached hydrogens (tertiary/aromatic N) is 1. The van der Waals surface area contributed by atoms with Crippen molar-refractivity contribution in [3.63, 3.8) is 0 Å². The number of carbonyl (C=O) groups is 1. The molecule has 0 atom stereocenters. The van der Waals surface area contributed by atoms with Gasteiger partial charge in [0.2, 0.25) is 6.79 Å². The maximum atomic E-state index is 13.3. The normalized spacial score (nSPS) is 15.8. The van der Waals surface area contributed by atoms with Gasteiger partial charge in [-0.25, -0.2) is 0 Å². The number of carbonyl (C=O) groups excluding carboxylic acids is 1. The molecule has 2 aliphatic rings. The second kappa shape index (κ2) is 7.13. The number of pyridine rings is 1. The Kier molecular flexibility index (Phi) is 4.55. The molecule has 0 saturated heterocycles. The molecule has 30 heavy (non-hydrogen) atoms. The molecule has 152 valence electrons. The van der Waals surface area contributed by atoms with Crippen LogP contribution in [-0.4, -0.2) is 17.6 Å². The van der Waals surface area contributed by atoms with Crippen LogP contribution in [0, 0.1) is 13.8 Å². The summed E-state index contributed by atoms with van der Waals surface area (Å²) in [6.45, 7) is 4.37. The van der Waals surface area contributed by atoms with Gasteiger partial charge in [0.25, 0.3) is 0 Å². The van der Waals surface area contributed by atoms with Crippen LogP contribution in [0.5, 0.6) is 11.5 Å². The highest BCUT2D eigenvalue weighted by Gasteiger charge is 2.51. The van der Waals surface area contributed by atoms with Gasteiger partial charge >= 0.3 is 0 Å². The standard InChI is InChI=1S/C25H22ClNO3/c1-15-16(2)21(27-13-20(15)17-3-6-19(26)7-4-17)12-24(28)25(9-10-25)18-5-8-22-23(11-18)30-14-29-22/h3-8,11,13H,9-10,12,14H2,1-2H3. The van der Waals surface area contributed by atoms with Crippen molar-refractivity contribution in [1.82, 2.24) is 4.98 Å². The van der Waals surface area contributed by atoms with E-state index in [4.69, 9.17) is 21.1 Å². The minimum absolute atomic E-state index is 0.218. The Hall–Kier alpha value is -2.85. The van der Waals surface area contributed by atoms with E-state index in [1.807, 2.05) is 55.6 Å². The van der Waals surface area contributed by atoms with Gasteiger partial charge in [0, 0.05) is 23.2 Å². The van der Waals surface area contributed by atoms with Gasteiger partial charge in [-0.15, -0.1) is 0 Å². The van der Waals surface area contributed by atoms with Crippen molar-refractivity contribution in [2.75, 3.05) is 6.79 Å².